The summed E-state index contributed by atoms with van der Waals surface area (Å²) in [6.07, 6.45) is -0.500. The number of fused-ring (bicyclic) bond motifs is 1. The third kappa shape index (κ3) is 6.97. The van der Waals surface area contributed by atoms with Crippen LogP contribution in [0, 0.1) is 17.5 Å². The Labute approximate surface area is 217 Å². The molecule has 0 unspecified atom stereocenters. The van der Waals surface area contributed by atoms with Crippen molar-refractivity contribution >= 4 is 10.8 Å². The van der Waals surface area contributed by atoms with Crippen LogP contribution in [0.25, 0.3) is 10.8 Å². The molecule has 4 aromatic carbocycles. The predicted molar refractivity (Wildman–Crippen MR) is 137 cm³/mol. The molecule has 0 saturated heterocycles. The first-order valence-electron chi connectivity index (χ1n) is 12.3. The fraction of sp³-hybridized carbons (Fsp3) is 0.226. The van der Waals surface area contributed by atoms with E-state index in [1.165, 1.54) is 36.4 Å². The molecule has 0 N–H and O–H groups in total. The van der Waals surface area contributed by atoms with E-state index < -0.39 is 18.0 Å². The molecule has 0 atom stereocenters. The van der Waals surface area contributed by atoms with Gasteiger partial charge in [-0.25, -0.2) is 13.2 Å². The van der Waals surface area contributed by atoms with Crippen LogP contribution in [0.4, 0.5) is 26.3 Å². The predicted octanol–water partition coefficient (Wildman–Crippen LogP) is 8.84. The van der Waals surface area contributed by atoms with E-state index in [2.05, 4.69) is 11.3 Å². The Balaban J connectivity index is 1.41. The van der Waals surface area contributed by atoms with Crippen molar-refractivity contribution < 1.29 is 31.1 Å². The van der Waals surface area contributed by atoms with Gasteiger partial charge in [0.15, 0.2) is 0 Å². The number of alkyl halides is 3. The molecular weight excluding hydrogens is 502 g/mol. The summed E-state index contributed by atoms with van der Waals surface area (Å²) >= 11 is 0. The van der Waals surface area contributed by atoms with Gasteiger partial charge in [0.25, 0.3) is 0 Å². The van der Waals surface area contributed by atoms with E-state index in [-0.39, 0.29) is 23.6 Å². The second-order valence-corrected chi connectivity index (χ2v) is 9.15. The Morgan fingerprint density at radius 3 is 2.00 bits per heavy atom. The minimum Gasteiger partial charge on any atom is -0.406 e. The van der Waals surface area contributed by atoms with Gasteiger partial charge in [0.05, 0.1) is 0 Å². The maximum absolute atomic E-state index is 15.2. The van der Waals surface area contributed by atoms with Gasteiger partial charge in [-0.15, -0.1) is 19.8 Å². The number of benzene rings is 4. The highest BCUT2D eigenvalue weighted by molar-refractivity contribution is 5.84. The van der Waals surface area contributed by atoms with E-state index in [1.54, 1.807) is 30.3 Å². The first-order valence-corrected chi connectivity index (χ1v) is 12.3. The molecule has 0 aliphatic heterocycles. The molecule has 198 valence electrons. The second-order valence-electron chi connectivity index (χ2n) is 9.15. The van der Waals surface area contributed by atoms with Crippen molar-refractivity contribution in [3.05, 3.63) is 125 Å². The number of rotatable bonds is 10. The van der Waals surface area contributed by atoms with Gasteiger partial charge in [-0.05, 0) is 90.4 Å². The lowest BCUT2D eigenvalue weighted by atomic mass is 9.96. The summed E-state index contributed by atoms with van der Waals surface area (Å²) in [5.41, 5.74) is 2.70. The summed E-state index contributed by atoms with van der Waals surface area (Å²) in [6.45, 7) is 3.62. The average Bonchev–Trinajstić information content (AvgIpc) is 2.86. The molecule has 0 heterocycles. The lowest BCUT2D eigenvalue weighted by Crippen LogP contribution is -2.17. The van der Waals surface area contributed by atoms with E-state index >= 15 is 4.39 Å². The normalized spacial score (nSPS) is 11.6. The standard InChI is InChI=1S/C31H26F6O/c1-2-3-4-22-18-28(32)27(29(33)19-22)16-9-21-8-15-26-24(17-21)12-11-23(30(26)34)10-5-20-6-13-25(14-7-20)38-31(35,36)37/h2,6-8,11-15,17-19H,1,3-5,9-10,16H2. The molecule has 0 saturated carbocycles. The third-order valence-corrected chi connectivity index (χ3v) is 6.44. The van der Waals surface area contributed by atoms with Gasteiger partial charge in [0.2, 0.25) is 0 Å². The lowest BCUT2D eigenvalue weighted by molar-refractivity contribution is -0.274. The Kier molecular flexibility index (Phi) is 8.45. The SMILES string of the molecule is C=CCCc1cc(F)c(CCc2ccc3c(F)c(CCc4ccc(OC(F)(F)F)cc4)ccc3c2)c(F)c1. The molecular formula is C31H26F6O. The molecule has 0 amide bonds. The van der Waals surface area contributed by atoms with Crippen molar-refractivity contribution in [1.82, 2.24) is 0 Å². The molecule has 4 aromatic rings. The molecule has 0 aromatic heterocycles. The fourth-order valence-electron chi connectivity index (χ4n) is 4.45. The number of ether oxygens (including phenoxy) is 1. The Morgan fingerprint density at radius 1 is 0.684 bits per heavy atom. The highest BCUT2D eigenvalue weighted by Crippen LogP contribution is 2.26. The first-order chi connectivity index (χ1) is 18.1. The molecule has 0 aliphatic carbocycles. The Hall–Kier alpha value is -3.74. The van der Waals surface area contributed by atoms with Crippen LogP contribution in [-0.4, -0.2) is 6.36 Å². The number of allylic oxidation sites excluding steroid dienone is 1. The number of hydrogen-bond donors (Lipinski definition) is 0. The van der Waals surface area contributed by atoms with Gasteiger partial charge in [-0.1, -0.05) is 48.5 Å². The highest BCUT2D eigenvalue weighted by atomic mass is 19.4. The van der Waals surface area contributed by atoms with Gasteiger partial charge in [0.1, 0.15) is 23.2 Å². The summed E-state index contributed by atoms with van der Waals surface area (Å²) in [5, 5.41) is 1.11. The van der Waals surface area contributed by atoms with Crippen molar-refractivity contribution in [2.75, 3.05) is 0 Å². The minimum atomic E-state index is -4.75. The van der Waals surface area contributed by atoms with E-state index in [9.17, 15) is 22.0 Å². The van der Waals surface area contributed by atoms with Crippen LogP contribution in [0.3, 0.4) is 0 Å². The third-order valence-electron chi connectivity index (χ3n) is 6.44. The van der Waals surface area contributed by atoms with Gasteiger partial charge in [0, 0.05) is 10.9 Å². The van der Waals surface area contributed by atoms with Crippen molar-refractivity contribution in [3.63, 3.8) is 0 Å². The maximum atomic E-state index is 15.2. The quantitative estimate of drug-likeness (QED) is 0.148. The highest BCUT2D eigenvalue weighted by Gasteiger charge is 2.30. The summed E-state index contributed by atoms with van der Waals surface area (Å²) in [4.78, 5) is 0. The summed E-state index contributed by atoms with van der Waals surface area (Å²) in [6, 6.07) is 17.0. The number of halogens is 6. The van der Waals surface area contributed by atoms with Crippen molar-refractivity contribution in [1.29, 1.82) is 0 Å². The van der Waals surface area contributed by atoms with E-state index in [0.29, 0.717) is 54.0 Å². The zero-order valence-corrected chi connectivity index (χ0v) is 20.6. The Morgan fingerprint density at radius 2 is 1.34 bits per heavy atom. The van der Waals surface area contributed by atoms with Crippen molar-refractivity contribution in [2.24, 2.45) is 0 Å². The fourth-order valence-corrected chi connectivity index (χ4v) is 4.45. The van der Waals surface area contributed by atoms with Crippen LogP contribution >= 0.6 is 0 Å². The summed E-state index contributed by atoms with van der Waals surface area (Å²) in [7, 11) is 0. The summed E-state index contributed by atoms with van der Waals surface area (Å²) in [5.74, 6) is -1.80. The average molecular weight is 529 g/mol. The number of aryl methyl sites for hydroxylation is 4. The first kappa shape index (κ1) is 27.3. The molecule has 38 heavy (non-hydrogen) atoms. The molecule has 0 spiro atoms. The van der Waals surface area contributed by atoms with Crippen molar-refractivity contribution in [2.45, 2.75) is 44.9 Å². The molecule has 0 radical (unpaired) electrons. The van der Waals surface area contributed by atoms with Gasteiger partial charge >= 0.3 is 6.36 Å². The van der Waals surface area contributed by atoms with Gasteiger partial charge in [-0.2, -0.15) is 0 Å². The molecule has 1 nitrogen and oxygen atoms in total. The van der Waals surface area contributed by atoms with Crippen LogP contribution < -0.4 is 4.74 Å². The van der Waals surface area contributed by atoms with Crippen LogP contribution in [0.15, 0.2) is 79.4 Å². The largest absolute Gasteiger partial charge is 0.573 e. The maximum Gasteiger partial charge on any atom is 0.573 e. The topological polar surface area (TPSA) is 9.23 Å². The molecule has 0 aliphatic rings. The second kappa shape index (κ2) is 11.8. The van der Waals surface area contributed by atoms with Crippen molar-refractivity contribution in [3.8, 4) is 5.75 Å². The van der Waals surface area contributed by atoms with E-state index in [0.717, 1.165) is 11.1 Å². The van der Waals surface area contributed by atoms with Crippen LogP contribution in [0.5, 0.6) is 5.75 Å². The molecule has 7 heteroatoms. The van der Waals surface area contributed by atoms with E-state index in [4.69, 9.17) is 0 Å². The van der Waals surface area contributed by atoms with Gasteiger partial charge < -0.3 is 4.74 Å². The smallest absolute Gasteiger partial charge is 0.406 e. The molecule has 0 fully saturated rings. The molecule has 4 rings (SSSR count). The Bertz CT molecular complexity index is 1400. The van der Waals surface area contributed by atoms with E-state index in [1.807, 2.05) is 6.07 Å². The van der Waals surface area contributed by atoms with Crippen LogP contribution in [0.1, 0.15) is 34.2 Å². The molecule has 0 bridgehead atoms. The van der Waals surface area contributed by atoms with Crippen LogP contribution in [0.2, 0.25) is 0 Å². The van der Waals surface area contributed by atoms with Gasteiger partial charge in [-0.3, -0.25) is 0 Å². The van der Waals surface area contributed by atoms with Crippen LogP contribution in [-0.2, 0) is 32.1 Å². The zero-order valence-electron chi connectivity index (χ0n) is 20.6. The zero-order chi connectivity index (χ0) is 27.3. The minimum absolute atomic E-state index is 0.0342. The number of hydrogen-bond acceptors (Lipinski definition) is 1. The lowest BCUT2D eigenvalue weighted by Gasteiger charge is -2.11. The summed E-state index contributed by atoms with van der Waals surface area (Å²) < 4.78 is 85.0. The monoisotopic (exact) mass is 528 g/mol.